The fourth-order valence-corrected chi connectivity index (χ4v) is 2.80. The van der Waals surface area contributed by atoms with Crippen LogP contribution >= 0.6 is 11.8 Å². The molecule has 0 aliphatic heterocycles. The summed E-state index contributed by atoms with van der Waals surface area (Å²) in [6.45, 7) is 4.38. The molecule has 0 saturated heterocycles. The van der Waals surface area contributed by atoms with Crippen molar-refractivity contribution >= 4 is 23.4 Å². The Balaban J connectivity index is 1.84. The summed E-state index contributed by atoms with van der Waals surface area (Å²) in [5, 5.41) is 2.64. The molecule has 2 aromatic rings. The number of benzene rings is 2. The second-order valence-corrected chi connectivity index (χ2v) is 6.36. The largest absolute Gasteiger partial charge is 0.494 e. The number of carbonyl (C=O) groups excluding carboxylic acids is 1. The number of hydrogen-bond donors (Lipinski definition) is 1. The Kier molecular flexibility index (Phi) is 6.47. The van der Waals surface area contributed by atoms with Gasteiger partial charge in [-0.2, -0.15) is 0 Å². The van der Waals surface area contributed by atoms with Crippen LogP contribution in [0, 0.1) is 5.82 Å². The van der Waals surface area contributed by atoms with Crippen LogP contribution in [0.25, 0.3) is 0 Å². The molecule has 0 bridgehead atoms. The minimum Gasteiger partial charge on any atom is -0.494 e. The normalized spacial score (nSPS) is 11.8. The third-order valence-electron chi connectivity index (χ3n) is 3.19. The lowest BCUT2D eigenvalue weighted by Crippen LogP contribution is -2.22. The van der Waals surface area contributed by atoms with Crippen molar-refractivity contribution in [2.75, 3.05) is 11.9 Å². The number of thioether (sulfide) groups is 1. The number of halogens is 1. The number of rotatable bonds is 7. The molecule has 0 aliphatic rings. The van der Waals surface area contributed by atoms with Gasteiger partial charge in [0, 0.05) is 11.4 Å². The molecule has 0 aromatic heterocycles. The van der Waals surface area contributed by atoms with Crippen molar-refractivity contribution in [1.29, 1.82) is 0 Å². The molecular formula is C18H20FNO2S. The fraction of sp³-hybridized carbons (Fsp3) is 0.278. The topological polar surface area (TPSA) is 38.3 Å². The maximum absolute atomic E-state index is 13.1. The van der Waals surface area contributed by atoms with Gasteiger partial charge in [-0.1, -0.05) is 12.1 Å². The second-order valence-electron chi connectivity index (χ2n) is 5.03. The van der Waals surface area contributed by atoms with E-state index in [0.29, 0.717) is 12.4 Å². The van der Waals surface area contributed by atoms with Gasteiger partial charge in [0.25, 0.3) is 0 Å². The smallest absolute Gasteiger partial charge is 0.237 e. The highest BCUT2D eigenvalue weighted by Gasteiger charge is 2.13. The molecule has 1 N–H and O–H groups in total. The molecule has 0 heterocycles. The maximum Gasteiger partial charge on any atom is 0.237 e. The van der Waals surface area contributed by atoms with E-state index >= 15 is 0 Å². The number of nitrogens with one attached hydrogen (secondary N) is 1. The van der Waals surface area contributed by atoms with Crippen molar-refractivity contribution < 1.29 is 13.9 Å². The Morgan fingerprint density at radius 2 is 2.00 bits per heavy atom. The first-order chi connectivity index (χ1) is 11.1. The van der Waals surface area contributed by atoms with Gasteiger partial charge in [-0.3, -0.25) is 4.79 Å². The number of ether oxygens (including phenoxy) is 1. The first-order valence-corrected chi connectivity index (χ1v) is 8.53. The summed E-state index contributed by atoms with van der Waals surface area (Å²) in [5.74, 6) is 1.04. The Hall–Kier alpha value is -2.01. The average Bonchev–Trinajstić information content (AvgIpc) is 2.54. The monoisotopic (exact) mass is 333 g/mol. The first-order valence-electron chi connectivity index (χ1n) is 7.48. The molecule has 1 unspecified atom stereocenters. The highest BCUT2D eigenvalue weighted by atomic mass is 32.2. The molecular weight excluding hydrogens is 313 g/mol. The molecule has 1 atom stereocenters. The van der Waals surface area contributed by atoms with Gasteiger partial charge in [0.15, 0.2) is 0 Å². The fourth-order valence-electron chi connectivity index (χ4n) is 1.97. The van der Waals surface area contributed by atoms with Gasteiger partial charge in [-0.05, 0) is 55.8 Å². The standard InChI is InChI=1S/C18H20FNO2S/c1-3-22-17-9-7-16(8-10-17)20-18(21)13(2)23-12-14-5-4-6-15(19)11-14/h4-11,13H,3,12H2,1-2H3,(H,20,21). The molecule has 2 rings (SSSR count). The number of carbonyl (C=O) groups is 1. The highest BCUT2D eigenvalue weighted by Crippen LogP contribution is 2.21. The van der Waals surface area contributed by atoms with E-state index in [4.69, 9.17) is 4.74 Å². The number of amides is 1. The summed E-state index contributed by atoms with van der Waals surface area (Å²) >= 11 is 1.47. The zero-order valence-corrected chi connectivity index (χ0v) is 14.0. The van der Waals surface area contributed by atoms with Gasteiger partial charge >= 0.3 is 0 Å². The molecule has 0 saturated carbocycles. The van der Waals surface area contributed by atoms with Crippen LogP contribution in [0.5, 0.6) is 5.75 Å². The van der Waals surface area contributed by atoms with E-state index in [1.165, 1.54) is 23.9 Å². The summed E-state index contributed by atoms with van der Waals surface area (Å²) in [4.78, 5) is 12.2. The van der Waals surface area contributed by atoms with E-state index in [0.717, 1.165) is 17.0 Å². The average molecular weight is 333 g/mol. The van der Waals surface area contributed by atoms with Crippen molar-refractivity contribution in [3.8, 4) is 5.75 Å². The lowest BCUT2D eigenvalue weighted by atomic mass is 10.2. The SMILES string of the molecule is CCOc1ccc(NC(=O)C(C)SCc2cccc(F)c2)cc1. The molecule has 23 heavy (non-hydrogen) atoms. The van der Waals surface area contributed by atoms with Gasteiger partial charge in [0.1, 0.15) is 11.6 Å². The van der Waals surface area contributed by atoms with Crippen molar-refractivity contribution in [1.82, 2.24) is 0 Å². The quantitative estimate of drug-likeness (QED) is 0.811. The summed E-state index contributed by atoms with van der Waals surface area (Å²) in [6, 6.07) is 13.7. The van der Waals surface area contributed by atoms with Crippen LogP contribution in [0.1, 0.15) is 19.4 Å². The van der Waals surface area contributed by atoms with Crippen LogP contribution in [0.4, 0.5) is 10.1 Å². The van der Waals surface area contributed by atoms with Gasteiger partial charge in [-0.25, -0.2) is 4.39 Å². The number of hydrogen-bond acceptors (Lipinski definition) is 3. The zero-order valence-electron chi connectivity index (χ0n) is 13.2. The summed E-state index contributed by atoms with van der Waals surface area (Å²) < 4.78 is 18.5. The number of anilines is 1. The van der Waals surface area contributed by atoms with Gasteiger partial charge in [-0.15, -0.1) is 11.8 Å². The molecule has 1 amide bonds. The van der Waals surface area contributed by atoms with E-state index < -0.39 is 0 Å². The Morgan fingerprint density at radius 1 is 1.26 bits per heavy atom. The molecule has 2 aromatic carbocycles. The lowest BCUT2D eigenvalue weighted by Gasteiger charge is -2.12. The minimum atomic E-state index is -0.255. The summed E-state index contributed by atoms with van der Waals surface area (Å²) in [7, 11) is 0. The molecule has 0 aliphatic carbocycles. The Labute approximate surface area is 140 Å². The van der Waals surface area contributed by atoms with Crippen molar-refractivity contribution in [3.63, 3.8) is 0 Å². The lowest BCUT2D eigenvalue weighted by molar-refractivity contribution is -0.115. The third-order valence-corrected chi connectivity index (χ3v) is 4.41. The van der Waals surface area contributed by atoms with Gasteiger partial charge in [0.2, 0.25) is 5.91 Å². The van der Waals surface area contributed by atoms with Crippen LogP contribution < -0.4 is 10.1 Å². The van der Waals surface area contributed by atoms with Gasteiger partial charge < -0.3 is 10.1 Å². The van der Waals surface area contributed by atoms with Gasteiger partial charge in [0.05, 0.1) is 11.9 Å². The van der Waals surface area contributed by atoms with E-state index in [2.05, 4.69) is 5.32 Å². The van der Waals surface area contributed by atoms with E-state index in [9.17, 15) is 9.18 Å². The summed E-state index contributed by atoms with van der Waals surface area (Å²) in [5.41, 5.74) is 1.60. The van der Waals surface area contributed by atoms with E-state index in [-0.39, 0.29) is 17.0 Å². The Bertz CT molecular complexity index is 646. The first kappa shape index (κ1) is 17.3. The molecule has 0 radical (unpaired) electrons. The van der Waals surface area contributed by atoms with Crippen molar-refractivity contribution in [2.45, 2.75) is 24.9 Å². The third kappa shape index (κ3) is 5.60. The van der Waals surface area contributed by atoms with Crippen LogP contribution in [-0.2, 0) is 10.5 Å². The van der Waals surface area contributed by atoms with Crippen LogP contribution in [0.3, 0.4) is 0 Å². The minimum absolute atomic E-state index is 0.0736. The van der Waals surface area contributed by atoms with Crippen molar-refractivity contribution in [3.05, 3.63) is 59.9 Å². The maximum atomic E-state index is 13.1. The van der Waals surface area contributed by atoms with Crippen LogP contribution in [0.15, 0.2) is 48.5 Å². The predicted molar refractivity (Wildman–Crippen MR) is 93.4 cm³/mol. The zero-order chi connectivity index (χ0) is 16.7. The molecule has 5 heteroatoms. The highest BCUT2D eigenvalue weighted by molar-refractivity contribution is 7.99. The van der Waals surface area contributed by atoms with Crippen LogP contribution in [-0.4, -0.2) is 17.8 Å². The second kappa shape index (κ2) is 8.58. The molecule has 0 fully saturated rings. The van der Waals surface area contributed by atoms with Crippen molar-refractivity contribution in [2.24, 2.45) is 0 Å². The summed E-state index contributed by atoms with van der Waals surface area (Å²) in [6.07, 6.45) is 0. The van der Waals surface area contributed by atoms with E-state index in [1.54, 1.807) is 6.07 Å². The molecule has 122 valence electrons. The predicted octanol–water partition coefficient (Wildman–Crippen LogP) is 4.48. The van der Waals surface area contributed by atoms with E-state index in [1.807, 2.05) is 44.2 Å². The van der Waals surface area contributed by atoms with Crippen LogP contribution in [0.2, 0.25) is 0 Å². The molecule has 0 spiro atoms. The Morgan fingerprint density at radius 3 is 2.65 bits per heavy atom. The molecule has 3 nitrogen and oxygen atoms in total.